The molecular weight excluding hydrogens is 208 g/mol. The number of aliphatic hydroxyl groups is 2. The fourth-order valence-corrected chi connectivity index (χ4v) is 1.27. The summed E-state index contributed by atoms with van der Waals surface area (Å²) in [6, 6.07) is 0. The summed E-state index contributed by atoms with van der Waals surface area (Å²) in [5.74, 6) is 0. The molecule has 2 N–H and O–H groups in total. The van der Waals surface area contributed by atoms with Crippen LogP contribution >= 0.6 is 0 Å². The fraction of sp³-hybridized carbons (Fsp3) is 1.00. The van der Waals surface area contributed by atoms with Gasteiger partial charge in [0.1, 0.15) is 0 Å². The van der Waals surface area contributed by atoms with Crippen LogP contribution in [-0.4, -0.2) is 35.5 Å². The molecule has 3 atom stereocenters. The van der Waals surface area contributed by atoms with Crippen molar-refractivity contribution in [2.75, 3.05) is 6.61 Å². The minimum absolute atomic E-state index is 0.273. The zero-order valence-electron chi connectivity index (χ0n) is 10.7. The number of unbranched alkanes of at least 4 members (excludes halogenated alkanes) is 1. The van der Waals surface area contributed by atoms with E-state index in [1.807, 2.05) is 13.8 Å². The van der Waals surface area contributed by atoms with E-state index in [0.717, 1.165) is 19.3 Å². The van der Waals surface area contributed by atoms with E-state index in [0.29, 0.717) is 12.8 Å². The van der Waals surface area contributed by atoms with Crippen molar-refractivity contribution in [2.24, 2.45) is 0 Å². The van der Waals surface area contributed by atoms with Crippen LogP contribution in [0.3, 0.4) is 0 Å². The lowest BCUT2D eigenvalue weighted by Crippen LogP contribution is -2.27. The Labute approximate surface area is 98.6 Å². The molecular formula is C12H26O4. The molecule has 3 unspecified atom stereocenters. The van der Waals surface area contributed by atoms with Gasteiger partial charge in [-0.25, -0.2) is 0 Å². The van der Waals surface area contributed by atoms with E-state index >= 15 is 0 Å². The maximum atomic E-state index is 9.57. The molecule has 0 aliphatic carbocycles. The molecule has 0 radical (unpaired) electrons. The second-order valence-corrected chi connectivity index (χ2v) is 3.97. The highest BCUT2D eigenvalue weighted by Gasteiger charge is 2.13. The van der Waals surface area contributed by atoms with Crippen LogP contribution in [0.1, 0.15) is 52.9 Å². The Kier molecular flexibility index (Phi) is 9.92. The van der Waals surface area contributed by atoms with Gasteiger partial charge in [0.2, 0.25) is 0 Å². The Bertz CT molecular complexity index is 152. The average molecular weight is 234 g/mol. The fourth-order valence-electron chi connectivity index (χ4n) is 1.27. The van der Waals surface area contributed by atoms with E-state index in [9.17, 15) is 10.2 Å². The van der Waals surface area contributed by atoms with E-state index in [1.54, 1.807) is 0 Å². The summed E-state index contributed by atoms with van der Waals surface area (Å²) in [6.45, 7) is 6.12. The molecule has 98 valence electrons. The second-order valence-electron chi connectivity index (χ2n) is 3.97. The third-order valence-electron chi connectivity index (χ3n) is 2.36. The van der Waals surface area contributed by atoms with Gasteiger partial charge in [0.05, 0.1) is 12.7 Å². The predicted octanol–water partition coefficient (Wildman–Crippen LogP) is 2.04. The quantitative estimate of drug-likeness (QED) is 0.568. The van der Waals surface area contributed by atoms with Crippen molar-refractivity contribution in [2.45, 2.75) is 71.6 Å². The van der Waals surface area contributed by atoms with Crippen LogP contribution in [-0.2, 0) is 9.47 Å². The van der Waals surface area contributed by atoms with Crippen LogP contribution in [0, 0.1) is 0 Å². The van der Waals surface area contributed by atoms with Gasteiger partial charge in [0.15, 0.2) is 12.6 Å². The zero-order chi connectivity index (χ0) is 12.4. The number of ether oxygens (including phenoxy) is 2. The summed E-state index contributed by atoms with van der Waals surface area (Å²) in [5.41, 5.74) is 0. The average Bonchev–Trinajstić information content (AvgIpc) is 2.31. The monoisotopic (exact) mass is 234 g/mol. The molecule has 4 heteroatoms. The molecule has 4 nitrogen and oxygen atoms in total. The molecule has 0 fully saturated rings. The van der Waals surface area contributed by atoms with Crippen LogP contribution in [0.4, 0.5) is 0 Å². The van der Waals surface area contributed by atoms with Crippen molar-refractivity contribution in [1.82, 2.24) is 0 Å². The number of hydrogen-bond donors (Lipinski definition) is 2. The molecule has 0 aliphatic rings. The van der Waals surface area contributed by atoms with Crippen molar-refractivity contribution in [3.8, 4) is 0 Å². The number of rotatable bonds is 10. The Morgan fingerprint density at radius 3 is 2.25 bits per heavy atom. The van der Waals surface area contributed by atoms with Crippen LogP contribution in [0.15, 0.2) is 0 Å². The number of hydrogen-bond acceptors (Lipinski definition) is 4. The highest BCUT2D eigenvalue weighted by molar-refractivity contribution is 4.54. The van der Waals surface area contributed by atoms with Gasteiger partial charge in [0.25, 0.3) is 0 Å². The molecule has 0 aromatic heterocycles. The topological polar surface area (TPSA) is 58.9 Å². The first kappa shape index (κ1) is 15.8. The maximum absolute atomic E-state index is 9.57. The van der Waals surface area contributed by atoms with Gasteiger partial charge in [-0.15, -0.1) is 0 Å². The van der Waals surface area contributed by atoms with Crippen LogP contribution in [0.2, 0.25) is 0 Å². The van der Waals surface area contributed by atoms with Crippen molar-refractivity contribution in [3.05, 3.63) is 0 Å². The first-order chi connectivity index (χ1) is 7.63. The lowest BCUT2D eigenvalue weighted by Gasteiger charge is -2.21. The molecule has 0 bridgehead atoms. The maximum Gasteiger partial charge on any atom is 0.160 e. The van der Waals surface area contributed by atoms with Gasteiger partial charge in [-0.2, -0.15) is 0 Å². The van der Waals surface area contributed by atoms with E-state index in [1.165, 1.54) is 0 Å². The molecule has 0 spiro atoms. The molecule has 0 aromatic carbocycles. The van der Waals surface area contributed by atoms with Gasteiger partial charge >= 0.3 is 0 Å². The largest absolute Gasteiger partial charge is 0.391 e. The summed E-state index contributed by atoms with van der Waals surface area (Å²) in [4.78, 5) is 0. The Balaban J connectivity index is 3.68. The van der Waals surface area contributed by atoms with E-state index < -0.39 is 18.7 Å². The SMILES string of the molecule is CCCCC(O)COC(CC)OC(O)CC. The van der Waals surface area contributed by atoms with E-state index in [-0.39, 0.29) is 6.61 Å². The highest BCUT2D eigenvalue weighted by atomic mass is 16.7. The molecule has 0 aromatic rings. The summed E-state index contributed by atoms with van der Waals surface area (Å²) in [6.07, 6.45) is 2.39. The van der Waals surface area contributed by atoms with Crippen LogP contribution in [0.25, 0.3) is 0 Å². The van der Waals surface area contributed by atoms with Gasteiger partial charge in [-0.3, -0.25) is 0 Å². The molecule has 0 saturated heterocycles. The lowest BCUT2D eigenvalue weighted by molar-refractivity contribution is -0.235. The normalized spacial score (nSPS) is 17.1. The van der Waals surface area contributed by atoms with Gasteiger partial charge in [-0.05, 0) is 19.3 Å². The van der Waals surface area contributed by atoms with Crippen molar-refractivity contribution < 1.29 is 19.7 Å². The molecule has 0 rings (SSSR count). The first-order valence-electron chi connectivity index (χ1n) is 6.27. The molecule has 0 amide bonds. The standard InChI is InChI=1S/C12H26O4/c1-4-7-8-10(13)9-15-12(6-3)16-11(14)5-2/h10-14H,4-9H2,1-3H3. The molecule has 16 heavy (non-hydrogen) atoms. The summed E-state index contributed by atoms with van der Waals surface area (Å²) >= 11 is 0. The predicted molar refractivity (Wildman–Crippen MR) is 62.9 cm³/mol. The van der Waals surface area contributed by atoms with Gasteiger partial charge in [-0.1, -0.05) is 33.6 Å². The lowest BCUT2D eigenvalue weighted by atomic mass is 10.2. The number of aliphatic hydroxyl groups excluding tert-OH is 2. The first-order valence-corrected chi connectivity index (χ1v) is 6.27. The molecule has 0 heterocycles. The van der Waals surface area contributed by atoms with Crippen LogP contribution < -0.4 is 0 Å². The molecule has 0 aliphatic heterocycles. The highest BCUT2D eigenvalue weighted by Crippen LogP contribution is 2.08. The van der Waals surface area contributed by atoms with Crippen molar-refractivity contribution in [1.29, 1.82) is 0 Å². The third-order valence-corrected chi connectivity index (χ3v) is 2.36. The summed E-state index contributed by atoms with van der Waals surface area (Å²) < 4.78 is 10.6. The van der Waals surface area contributed by atoms with E-state index in [4.69, 9.17) is 9.47 Å². The minimum atomic E-state index is -0.780. The van der Waals surface area contributed by atoms with Crippen molar-refractivity contribution in [3.63, 3.8) is 0 Å². The second kappa shape index (κ2) is 10.0. The minimum Gasteiger partial charge on any atom is -0.391 e. The van der Waals surface area contributed by atoms with Gasteiger partial charge < -0.3 is 19.7 Å². The van der Waals surface area contributed by atoms with Crippen molar-refractivity contribution >= 4 is 0 Å². The zero-order valence-corrected chi connectivity index (χ0v) is 10.7. The Hall–Kier alpha value is -0.160. The van der Waals surface area contributed by atoms with Gasteiger partial charge in [0, 0.05) is 0 Å². The van der Waals surface area contributed by atoms with E-state index in [2.05, 4.69) is 6.92 Å². The van der Waals surface area contributed by atoms with Crippen LogP contribution in [0.5, 0.6) is 0 Å². The Morgan fingerprint density at radius 1 is 1.06 bits per heavy atom. The smallest absolute Gasteiger partial charge is 0.160 e. The Morgan fingerprint density at radius 2 is 1.75 bits per heavy atom. The summed E-state index contributed by atoms with van der Waals surface area (Å²) in [7, 11) is 0. The third kappa shape index (κ3) is 8.05. The molecule has 0 saturated carbocycles. The summed E-state index contributed by atoms with van der Waals surface area (Å²) in [5, 5.41) is 18.9.